The van der Waals surface area contributed by atoms with Crippen LogP contribution in [0.4, 0.5) is 0 Å². The standard InChI is InChI=1S/C27H29N3O2/c1-19-8-10-20(11-9-19)25-18-23(22-6-2-3-7-24(22)28-25)27(32)30-16-12-21(13-17-30)26(31)29-14-4-5-15-29/h2-3,6-11,18,21H,4-5,12-17H2,1H3. The lowest BCUT2D eigenvalue weighted by atomic mass is 9.94. The van der Waals surface area contributed by atoms with Crippen molar-refractivity contribution in [2.45, 2.75) is 32.6 Å². The zero-order chi connectivity index (χ0) is 22.1. The number of carbonyl (C=O) groups excluding carboxylic acids is 2. The first-order chi connectivity index (χ1) is 15.6. The fourth-order valence-electron chi connectivity index (χ4n) is 4.92. The van der Waals surface area contributed by atoms with E-state index in [0.717, 1.165) is 60.9 Å². The van der Waals surface area contributed by atoms with Gasteiger partial charge in [0.25, 0.3) is 5.91 Å². The van der Waals surface area contributed by atoms with Crippen LogP contribution in [0.15, 0.2) is 54.6 Å². The molecule has 2 aliphatic rings. The summed E-state index contributed by atoms with van der Waals surface area (Å²) in [6.07, 6.45) is 3.72. The number of aryl methyl sites for hydroxylation is 1. The Balaban J connectivity index is 1.39. The highest BCUT2D eigenvalue weighted by atomic mass is 16.2. The van der Waals surface area contributed by atoms with Crippen LogP contribution in [0.2, 0.25) is 0 Å². The highest BCUT2D eigenvalue weighted by Crippen LogP contribution is 2.28. The molecule has 2 aliphatic heterocycles. The van der Waals surface area contributed by atoms with Gasteiger partial charge in [0.05, 0.1) is 16.8 Å². The molecule has 5 rings (SSSR count). The Labute approximate surface area is 189 Å². The minimum absolute atomic E-state index is 0.0315. The van der Waals surface area contributed by atoms with E-state index in [1.54, 1.807) is 0 Å². The molecule has 32 heavy (non-hydrogen) atoms. The van der Waals surface area contributed by atoms with Crippen LogP contribution in [0.25, 0.3) is 22.2 Å². The van der Waals surface area contributed by atoms with Gasteiger partial charge in [-0.05, 0) is 44.7 Å². The number of aromatic nitrogens is 1. The van der Waals surface area contributed by atoms with Crippen molar-refractivity contribution in [3.63, 3.8) is 0 Å². The first-order valence-electron chi connectivity index (χ1n) is 11.6. The summed E-state index contributed by atoms with van der Waals surface area (Å²) in [4.78, 5) is 35.1. The van der Waals surface area contributed by atoms with E-state index < -0.39 is 0 Å². The van der Waals surface area contributed by atoms with Gasteiger partial charge in [-0.2, -0.15) is 0 Å². The van der Waals surface area contributed by atoms with Gasteiger partial charge in [-0.3, -0.25) is 9.59 Å². The summed E-state index contributed by atoms with van der Waals surface area (Å²) in [5.41, 5.74) is 4.53. The van der Waals surface area contributed by atoms with Gasteiger partial charge in [0.15, 0.2) is 0 Å². The number of pyridine rings is 1. The Hall–Kier alpha value is -3.21. The summed E-state index contributed by atoms with van der Waals surface area (Å²) >= 11 is 0. The van der Waals surface area contributed by atoms with Crippen molar-refractivity contribution in [1.82, 2.24) is 14.8 Å². The molecule has 2 amide bonds. The molecule has 0 spiro atoms. The second-order valence-electron chi connectivity index (χ2n) is 9.04. The summed E-state index contributed by atoms with van der Waals surface area (Å²) in [7, 11) is 0. The van der Waals surface area contributed by atoms with Crippen LogP contribution in [-0.4, -0.2) is 52.8 Å². The van der Waals surface area contributed by atoms with Crippen molar-refractivity contribution in [3.8, 4) is 11.3 Å². The van der Waals surface area contributed by atoms with Crippen LogP contribution in [0.1, 0.15) is 41.6 Å². The number of hydrogen-bond acceptors (Lipinski definition) is 3. The molecule has 0 bridgehead atoms. The van der Waals surface area contributed by atoms with Crippen molar-refractivity contribution in [3.05, 3.63) is 65.7 Å². The van der Waals surface area contributed by atoms with Gasteiger partial charge >= 0.3 is 0 Å². The predicted molar refractivity (Wildman–Crippen MR) is 126 cm³/mol. The van der Waals surface area contributed by atoms with Crippen molar-refractivity contribution in [2.24, 2.45) is 5.92 Å². The van der Waals surface area contributed by atoms with Gasteiger partial charge in [-0.1, -0.05) is 48.0 Å². The Morgan fingerprint density at radius 1 is 0.875 bits per heavy atom. The molecule has 2 aromatic carbocycles. The number of likely N-dealkylation sites (tertiary alicyclic amines) is 2. The van der Waals surface area contributed by atoms with Crippen LogP contribution >= 0.6 is 0 Å². The summed E-state index contributed by atoms with van der Waals surface area (Å²) in [6, 6.07) is 18.0. The molecule has 2 fully saturated rings. The van der Waals surface area contributed by atoms with Gasteiger partial charge in [-0.15, -0.1) is 0 Å². The molecule has 0 saturated carbocycles. The highest BCUT2D eigenvalue weighted by molar-refractivity contribution is 6.07. The molecule has 3 heterocycles. The largest absolute Gasteiger partial charge is 0.342 e. The number of fused-ring (bicyclic) bond motifs is 1. The molecule has 164 valence electrons. The molecule has 5 nitrogen and oxygen atoms in total. The number of amides is 2. The number of rotatable bonds is 3. The smallest absolute Gasteiger partial charge is 0.254 e. The SMILES string of the molecule is Cc1ccc(-c2cc(C(=O)N3CCC(C(=O)N4CCCC4)CC3)c3ccccc3n2)cc1. The van der Waals surface area contributed by atoms with E-state index >= 15 is 0 Å². The molecular formula is C27H29N3O2. The fourth-order valence-corrected chi connectivity index (χ4v) is 4.92. The second-order valence-corrected chi connectivity index (χ2v) is 9.04. The minimum atomic E-state index is 0.0315. The molecule has 0 aliphatic carbocycles. The molecule has 0 N–H and O–H groups in total. The summed E-state index contributed by atoms with van der Waals surface area (Å²) in [5, 5.41) is 0.878. The molecule has 1 aromatic heterocycles. The summed E-state index contributed by atoms with van der Waals surface area (Å²) in [5.74, 6) is 0.365. The van der Waals surface area contributed by atoms with Crippen LogP contribution < -0.4 is 0 Å². The topological polar surface area (TPSA) is 53.5 Å². The number of benzene rings is 2. The first kappa shape index (κ1) is 20.7. The average molecular weight is 428 g/mol. The molecule has 0 radical (unpaired) electrons. The van der Waals surface area contributed by atoms with Crippen molar-refractivity contribution in [1.29, 1.82) is 0 Å². The molecule has 3 aromatic rings. The van der Waals surface area contributed by atoms with E-state index in [-0.39, 0.29) is 17.7 Å². The van der Waals surface area contributed by atoms with Gasteiger partial charge in [-0.25, -0.2) is 4.98 Å². The number of hydrogen-bond donors (Lipinski definition) is 0. The maximum atomic E-state index is 13.6. The lowest BCUT2D eigenvalue weighted by Gasteiger charge is -2.33. The first-order valence-corrected chi connectivity index (χ1v) is 11.6. The molecule has 2 saturated heterocycles. The second kappa shape index (κ2) is 8.73. The molecule has 5 heteroatoms. The Morgan fingerprint density at radius 3 is 2.28 bits per heavy atom. The third kappa shape index (κ3) is 3.99. The summed E-state index contributed by atoms with van der Waals surface area (Å²) < 4.78 is 0. The van der Waals surface area contributed by atoms with Crippen molar-refractivity contribution < 1.29 is 9.59 Å². The summed E-state index contributed by atoms with van der Waals surface area (Å²) in [6.45, 7) is 5.09. The van der Waals surface area contributed by atoms with E-state index in [1.807, 2.05) is 40.1 Å². The third-order valence-corrected chi connectivity index (χ3v) is 6.84. The zero-order valence-electron chi connectivity index (χ0n) is 18.6. The maximum absolute atomic E-state index is 13.6. The Kier molecular flexibility index (Phi) is 5.64. The number of nitrogens with zero attached hydrogens (tertiary/aromatic N) is 3. The van der Waals surface area contributed by atoms with Gasteiger partial charge < -0.3 is 9.80 Å². The van der Waals surface area contributed by atoms with Crippen molar-refractivity contribution >= 4 is 22.7 Å². The number of para-hydroxylation sites is 1. The zero-order valence-corrected chi connectivity index (χ0v) is 18.6. The van der Waals surface area contributed by atoms with Crippen LogP contribution in [0.3, 0.4) is 0 Å². The van der Waals surface area contributed by atoms with Crippen LogP contribution in [0, 0.1) is 12.8 Å². The average Bonchev–Trinajstić information content (AvgIpc) is 3.38. The Morgan fingerprint density at radius 2 is 1.56 bits per heavy atom. The van der Waals surface area contributed by atoms with Crippen molar-refractivity contribution in [2.75, 3.05) is 26.2 Å². The lowest BCUT2D eigenvalue weighted by molar-refractivity contribution is -0.135. The van der Waals surface area contributed by atoms with E-state index in [2.05, 4.69) is 31.2 Å². The molecule has 0 atom stereocenters. The third-order valence-electron chi connectivity index (χ3n) is 6.84. The molecule has 0 unspecified atom stereocenters. The number of carbonyl (C=O) groups is 2. The predicted octanol–water partition coefficient (Wildman–Crippen LogP) is 4.68. The van der Waals surface area contributed by atoms with E-state index in [9.17, 15) is 9.59 Å². The van der Waals surface area contributed by atoms with Gasteiger partial charge in [0.2, 0.25) is 5.91 Å². The lowest BCUT2D eigenvalue weighted by Crippen LogP contribution is -2.43. The van der Waals surface area contributed by atoms with E-state index in [1.165, 1.54) is 5.56 Å². The van der Waals surface area contributed by atoms with E-state index in [4.69, 9.17) is 4.98 Å². The van der Waals surface area contributed by atoms with Crippen LogP contribution in [0.5, 0.6) is 0 Å². The fraction of sp³-hybridized carbons (Fsp3) is 0.370. The van der Waals surface area contributed by atoms with Gasteiger partial charge in [0.1, 0.15) is 0 Å². The Bertz CT molecular complexity index is 1140. The number of piperidine rings is 1. The maximum Gasteiger partial charge on any atom is 0.254 e. The monoisotopic (exact) mass is 427 g/mol. The minimum Gasteiger partial charge on any atom is -0.342 e. The normalized spacial score (nSPS) is 17.2. The van der Waals surface area contributed by atoms with Crippen LogP contribution in [-0.2, 0) is 4.79 Å². The van der Waals surface area contributed by atoms with Gasteiger partial charge in [0, 0.05) is 43.0 Å². The highest BCUT2D eigenvalue weighted by Gasteiger charge is 2.32. The quantitative estimate of drug-likeness (QED) is 0.610. The molecular weight excluding hydrogens is 398 g/mol. The van der Waals surface area contributed by atoms with E-state index in [0.29, 0.717) is 18.7 Å².